The van der Waals surface area contributed by atoms with Crippen LogP contribution in [0.2, 0.25) is 0 Å². The first kappa shape index (κ1) is 15.8. The van der Waals surface area contributed by atoms with Crippen LogP contribution in [0.15, 0.2) is 30.3 Å². The Morgan fingerprint density at radius 1 is 1.32 bits per heavy atom. The first-order chi connectivity index (χ1) is 10.4. The lowest BCUT2D eigenvalue weighted by Gasteiger charge is -2.07. The number of rotatable bonds is 5. The fraction of sp³-hybridized carbons (Fsp3) is 0.267. The molecule has 1 N–H and O–H groups in total. The molecule has 0 fully saturated rings. The second-order valence-corrected chi connectivity index (χ2v) is 4.85. The Labute approximate surface area is 125 Å². The molecular weight excluding hydrogens is 292 g/mol. The van der Waals surface area contributed by atoms with Crippen LogP contribution in [0.25, 0.3) is 0 Å². The monoisotopic (exact) mass is 307 g/mol. The Kier molecular flexibility index (Phi) is 4.65. The van der Waals surface area contributed by atoms with Gasteiger partial charge in [0.15, 0.2) is 5.78 Å². The minimum Gasteiger partial charge on any atom is -0.324 e. The van der Waals surface area contributed by atoms with Crippen LogP contribution >= 0.6 is 0 Å². The van der Waals surface area contributed by atoms with Crippen molar-refractivity contribution < 1.29 is 18.4 Å². The maximum absolute atomic E-state index is 12.6. The Hall–Kier alpha value is -2.57. The summed E-state index contributed by atoms with van der Waals surface area (Å²) in [5, 5.41) is 6.30. The van der Waals surface area contributed by atoms with E-state index in [-0.39, 0.29) is 18.0 Å². The number of halogens is 2. The van der Waals surface area contributed by atoms with E-state index in [9.17, 15) is 18.4 Å². The summed E-state index contributed by atoms with van der Waals surface area (Å²) in [6, 6.07) is 7.74. The number of hydrogen-bond acceptors (Lipinski definition) is 3. The molecule has 0 radical (unpaired) electrons. The molecular formula is C15H15F2N3O2. The zero-order valence-electron chi connectivity index (χ0n) is 12.1. The van der Waals surface area contributed by atoms with Crippen LogP contribution in [-0.4, -0.2) is 21.5 Å². The molecule has 1 heterocycles. The van der Waals surface area contributed by atoms with Crippen molar-refractivity contribution in [1.82, 2.24) is 9.78 Å². The predicted molar refractivity (Wildman–Crippen MR) is 77.0 cm³/mol. The number of aryl methyl sites for hydroxylation is 1. The van der Waals surface area contributed by atoms with Gasteiger partial charge in [0.1, 0.15) is 12.2 Å². The first-order valence-corrected chi connectivity index (χ1v) is 6.60. The van der Waals surface area contributed by atoms with E-state index in [0.717, 1.165) is 0 Å². The molecule has 7 heteroatoms. The standard InChI is InChI=1S/C15H15F2N3O2/c1-9-6-13(15(16)17)19-20(9)8-14(22)18-12-5-3-4-11(7-12)10(2)21/h3-7,15H,8H2,1-2H3,(H,18,22). The molecule has 0 saturated carbocycles. The van der Waals surface area contributed by atoms with Crippen LogP contribution in [-0.2, 0) is 11.3 Å². The maximum atomic E-state index is 12.6. The minimum absolute atomic E-state index is 0.111. The molecule has 0 saturated heterocycles. The van der Waals surface area contributed by atoms with Gasteiger partial charge < -0.3 is 5.32 Å². The molecule has 2 aromatic rings. The van der Waals surface area contributed by atoms with Crippen molar-refractivity contribution in [1.29, 1.82) is 0 Å². The van der Waals surface area contributed by atoms with Crippen LogP contribution < -0.4 is 5.32 Å². The number of amides is 1. The van der Waals surface area contributed by atoms with Crippen molar-refractivity contribution in [3.63, 3.8) is 0 Å². The number of alkyl halides is 2. The Morgan fingerprint density at radius 3 is 2.64 bits per heavy atom. The number of aromatic nitrogens is 2. The van der Waals surface area contributed by atoms with Gasteiger partial charge in [0.25, 0.3) is 6.43 Å². The molecule has 1 amide bonds. The van der Waals surface area contributed by atoms with Crippen molar-refractivity contribution in [2.45, 2.75) is 26.8 Å². The zero-order chi connectivity index (χ0) is 16.3. The van der Waals surface area contributed by atoms with Crippen LogP contribution in [0.4, 0.5) is 14.5 Å². The van der Waals surface area contributed by atoms with Crippen LogP contribution in [0.3, 0.4) is 0 Å². The van der Waals surface area contributed by atoms with Crippen molar-refractivity contribution in [3.05, 3.63) is 47.3 Å². The quantitative estimate of drug-likeness (QED) is 0.864. The van der Waals surface area contributed by atoms with Crippen molar-refractivity contribution >= 4 is 17.4 Å². The summed E-state index contributed by atoms with van der Waals surface area (Å²) in [6.45, 7) is 2.85. The second kappa shape index (κ2) is 6.46. The third-order valence-electron chi connectivity index (χ3n) is 3.07. The third-order valence-corrected chi connectivity index (χ3v) is 3.07. The molecule has 1 aromatic heterocycles. The molecule has 2 rings (SSSR count). The summed E-state index contributed by atoms with van der Waals surface area (Å²) < 4.78 is 26.3. The highest BCUT2D eigenvalue weighted by molar-refractivity contribution is 5.97. The number of benzene rings is 1. The van der Waals surface area contributed by atoms with E-state index in [0.29, 0.717) is 16.9 Å². The highest BCUT2D eigenvalue weighted by Crippen LogP contribution is 2.18. The number of nitrogens with one attached hydrogen (secondary N) is 1. The lowest BCUT2D eigenvalue weighted by atomic mass is 10.1. The molecule has 0 aliphatic heterocycles. The largest absolute Gasteiger partial charge is 0.324 e. The first-order valence-electron chi connectivity index (χ1n) is 6.60. The summed E-state index contributed by atoms with van der Waals surface area (Å²) in [7, 11) is 0. The number of nitrogens with zero attached hydrogens (tertiary/aromatic N) is 2. The molecule has 0 aliphatic rings. The van der Waals surface area contributed by atoms with Gasteiger partial charge in [-0.2, -0.15) is 5.10 Å². The van der Waals surface area contributed by atoms with E-state index >= 15 is 0 Å². The molecule has 5 nitrogen and oxygen atoms in total. The highest BCUT2D eigenvalue weighted by atomic mass is 19.3. The minimum atomic E-state index is -2.67. The van der Waals surface area contributed by atoms with Crippen LogP contribution in [0.5, 0.6) is 0 Å². The second-order valence-electron chi connectivity index (χ2n) is 4.85. The van der Waals surface area contributed by atoms with Crippen molar-refractivity contribution in [3.8, 4) is 0 Å². The molecule has 116 valence electrons. The summed E-state index contributed by atoms with van der Waals surface area (Å²) >= 11 is 0. The molecule has 0 bridgehead atoms. The van der Waals surface area contributed by atoms with Gasteiger partial charge in [-0.25, -0.2) is 8.78 Å². The average molecular weight is 307 g/mol. The Morgan fingerprint density at radius 2 is 2.05 bits per heavy atom. The van der Waals surface area contributed by atoms with Crippen LogP contribution in [0, 0.1) is 6.92 Å². The van der Waals surface area contributed by atoms with Crippen molar-refractivity contribution in [2.24, 2.45) is 0 Å². The van der Waals surface area contributed by atoms with Gasteiger partial charge in [-0.1, -0.05) is 12.1 Å². The smallest absolute Gasteiger partial charge is 0.282 e. The average Bonchev–Trinajstić information content (AvgIpc) is 2.80. The number of anilines is 1. The predicted octanol–water partition coefficient (Wildman–Crippen LogP) is 2.97. The fourth-order valence-corrected chi connectivity index (χ4v) is 1.95. The molecule has 0 spiro atoms. The van der Waals surface area contributed by atoms with Gasteiger partial charge >= 0.3 is 0 Å². The lowest BCUT2D eigenvalue weighted by molar-refractivity contribution is -0.117. The molecule has 0 aliphatic carbocycles. The van der Waals surface area contributed by atoms with Gasteiger partial charge in [0.2, 0.25) is 5.91 Å². The topological polar surface area (TPSA) is 64.0 Å². The van der Waals surface area contributed by atoms with Crippen LogP contribution in [0.1, 0.15) is 35.1 Å². The van der Waals surface area contributed by atoms with Gasteiger partial charge in [-0.15, -0.1) is 0 Å². The summed E-state index contributed by atoms with van der Waals surface area (Å²) in [4.78, 5) is 23.2. The molecule has 1 aromatic carbocycles. The van der Waals surface area contributed by atoms with E-state index in [2.05, 4.69) is 10.4 Å². The maximum Gasteiger partial charge on any atom is 0.282 e. The van der Waals surface area contributed by atoms with E-state index in [4.69, 9.17) is 0 Å². The fourth-order valence-electron chi connectivity index (χ4n) is 1.95. The lowest BCUT2D eigenvalue weighted by Crippen LogP contribution is -2.20. The van der Waals surface area contributed by atoms with Gasteiger partial charge in [-0.3, -0.25) is 14.3 Å². The van der Waals surface area contributed by atoms with E-state index in [1.165, 1.54) is 17.7 Å². The number of carbonyl (C=O) groups excluding carboxylic acids is 2. The summed E-state index contributed by atoms with van der Waals surface area (Å²) in [5.41, 5.74) is 1.07. The zero-order valence-corrected chi connectivity index (χ0v) is 12.1. The highest BCUT2D eigenvalue weighted by Gasteiger charge is 2.15. The summed E-state index contributed by atoms with van der Waals surface area (Å²) in [5.74, 6) is -0.520. The Balaban J connectivity index is 2.07. The Bertz CT molecular complexity index is 711. The number of ketones is 1. The summed E-state index contributed by atoms with van der Waals surface area (Å²) in [6.07, 6.45) is -2.67. The van der Waals surface area contributed by atoms with Gasteiger partial charge in [0.05, 0.1) is 0 Å². The van der Waals surface area contributed by atoms with Gasteiger partial charge in [-0.05, 0) is 32.0 Å². The van der Waals surface area contributed by atoms with E-state index < -0.39 is 12.3 Å². The van der Waals surface area contributed by atoms with Gasteiger partial charge in [0, 0.05) is 16.9 Å². The molecule has 22 heavy (non-hydrogen) atoms. The van der Waals surface area contributed by atoms with E-state index in [1.54, 1.807) is 31.2 Å². The number of Topliss-reactive ketones (excluding diaryl/α,β-unsaturated/α-hetero) is 1. The molecule has 0 atom stereocenters. The third kappa shape index (κ3) is 3.75. The number of carbonyl (C=O) groups is 2. The van der Waals surface area contributed by atoms with Crippen molar-refractivity contribution in [2.75, 3.05) is 5.32 Å². The SMILES string of the molecule is CC(=O)c1cccc(NC(=O)Cn2nc(C(F)F)cc2C)c1. The number of hydrogen-bond donors (Lipinski definition) is 1. The normalized spacial score (nSPS) is 10.8. The molecule has 0 unspecified atom stereocenters. The van der Waals surface area contributed by atoms with E-state index in [1.807, 2.05) is 0 Å².